The lowest BCUT2D eigenvalue weighted by molar-refractivity contribution is 0.114. The second-order valence-electron chi connectivity index (χ2n) is 6.16. The molecule has 11 heteroatoms. The number of rotatable bonds is 4. The lowest BCUT2D eigenvalue weighted by atomic mass is 10.2. The second kappa shape index (κ2) is 6.11. The van der Waals surface area contributed by atoms with E-state index in [0.29, 0.717) is 29.0 Å². The highest BCUT2D eigenvalue weighted by atomic mass is 32.2. The summed E-state index contributed by atoms with van der Waals surface area (Å²) in [6.45, 7) is 3.59. The fourth-order valence-corrected chi connectivity index (χ4v) is 4.68. The minimum Gasteiger partial charge on any atom is -0.380 e. The van der Waals surface area contributed by atoms with Crippen LogP contribution < -0.4 is 0 Å². The molecule has 1 fully saturated rings. The van der Waals surface area contributed by atoms with Crippen LogP contribution in [0.1, 0.15) is 29.9 Å². The highest BCUT2D eigenvalue weighted by Crippen LogP contribution is 2.37. The lowest BCUT2D eigenvalue weighted by Crippen LogP contribution is -2.32. The average Bonchev–Trinajstić information content (AvgIpc) is 3.33. The van der Waals surface area contributed by atoms with E-state index in [4.69, 9.17) is 13.8 Å². The first-order valence-electron chi connectivity index (χ1n) is 7.97. The molecule has 0 aliphatic carbocycles. The maximum atomic E-state index is 13.3. The van der Waals surface area contributed by atoms with Gasteiger partial charge in [-0.25, -0.2) is 13.4 Å². The van der Waals surface area contributed by atoms with Gasteiger partial charge in [-0.05, 0) is 19.9 Å². The van der Waals surface area contributed by atoms with Crippen LogP contribution in [0, 0.1) is 13.8 Å². The Morgan fingerprint density at radius 2 is 2.08 bits per heavy atom. The van der Waals surface area contributed by atoms with Gasteiger partial charge < -0.3 is 13.8 Å². The first-order chi connectivity index (χ1) is 12.4. The van der Waals surface area contributed by atoms with Gasteiger partial charge in [-0.1, -0.05) is 10.3 Å². The predicted molar refractivity (Wildman–Crippen MR) is 87.6 cm³/mol. The second-order valence-corrected chi connectivity index (χ2v) is 8.05. The summed E-state index contributed by atoms with van der Waals surface area (Å²) in [7, 11) is -2.32. The van der Waals surface area contributed by atoms with Gasteiger partial charge in [0.25, 0.3) is 5.71 Å². The molecule has 0 bridgehead atoms. The lowest BCUT2D eigenvalue weighted by Gasteiger charge is -2.21. The zero-order chi connectivity index (χ0) is 18.5. The Bertz CT molecular complexity index is 1060. The number of nitrogens with zero attached hydrogens (tertiary/aromatic N) is 5. The quantitative estimate of drug-likeness (QED) is 0.661. The number of ether oxygens (including phenoxy) is 1. The highest BCUT2D eigenvalue weighted by Gasteiger charge is 2.44. The smallest absolute Gasteiger partial charge is 0.257 e. The monoisotopic (exact) mass is 379 g/mol. The van der Waals surface area contributed by atoms with Crippen LogP contribution in [0.15, 0.2) is 26.2 Å². The Morgan fingerprint density at radius 3 is 2.77 bits per heavy atom. The van der Waals surface area contributed by atoms with Gasteiger partial charge >= 0.3 is 0 Å². The highest BCUT2D eigenvalue weighted by molar-refractivity contribution is 7.89. The number of aromatic nitrogens is 4. The number of methoxy groups -OCH3 is 1. The fraction of sp³-hybridized carbons (Fsp3) is 0.467. The number of aryl methyl sites for hydroxylation is 2. The summed E-state index contributed by atoms with van der Waals surface area (Å²) in [5.74, 6) is 0.696. The van der Waals surface area contributed by atoms with Crippen LogP contribution in [-0.2, 0) is 14.8 Å². The van der Waals surface area contributed by atoms with E-state index in [9.17, 15) is 8.42 Å². The van der Waals surface area contributed by atoms with Crippen molar-refractivity contribution in [3.63, 3.8) is 0 Å². The topological polar surface area (TPSA) is 124 Å². The third kappa shape index (κ3) is 2.68. The van der Waals surface area contributed by atoms with Crippen molar-refractivity contribution in [1.29, 1.82) is 0 Å². The Kier molecular flexibility index (Phi) is 4.01. The summed E-state index contributed by atoms with van der Waals surface area (Å²) in [4.78, 5) is 8.31. The van der Waals surface area contributed by atoms with Gasteiger partial charge in [-0.3, -0.25) is 0 Å². The van der Waals surface area contributed by atoms with Crippen molar-refractivity contribution in [1.82, 2.24) is 24.6 Å². The molecule has 0 N–H and O–H groups in total. The number of sulfonamides is 1. The van der Waals surface area contributed by atoms with Crippen LogP contribution in [0.2, 0.25) is 0 Å². The minimum absolute atomic E-state index is 0.0503. The number of fused-ring (bicyclic) bond motifs is 1. The van der Waals surface area contributed by atoms with Crippen molar-refractivity contribution in [2.45, 2.75) is 37.3 Å². The molecule has 3 aromatic heterocycles. The zero-order valence-corrected chi connectivity index (χ0v) is 15.2. The molecule has 138 valence electrons. The van der Waals surface area contributed by atoms with E-state index in [1.54, 1.807) is 21.0 Å². The maximum absolute atomic E-state index is 13.3. The van der Waals surface area contributed by atoms with Crippen LogP contribution in [0.3, 0.4) is 0 Å². The molecule has 2 atom stereocenters. The summed E-state index contributed by atoms with van der Waals surface area (Å²) < 4.78 is 43.5. The standard InChI is InChI=1S/C15H17N5O5S/c1-8-12-5-11(6-16-14(12)24-18-8)26(21,22)20-7-10(23-3)4-13(20)15-17-9(2)19-25-15/h5-6,10,13H,4,7H2,1-3H3/t10-,13+/m0/s1. The van der Waals surface area contributed by atoms with Crippen LogP contribution in [-0.4, -0.2) is 52.8 Å². The largest absolute Gasteiger partial charge is 0.380 e. The maximum Gasteiger partial charge on any atom is 0.257 e. The Hall–Kier alpha value is -2.37. The molecule has 4 heterocycles. The van der Waals surface area contributed by atoms with Gasteiger partial charge in [0, 0.05) is 20.1 Å². The molecule has 0 aromatic carbocycles. The summed E-state index contributed by atoms with van der Waals surface area (Å²) in [5, 5.41) is 8.13. The Morgan fingerprint density at radius 1 is 1.27 bits per heavy atom. The fourth-order valence-electron chi connectivity index (χ4n) is 3.08. The minimum atomic E-state index is -3.86. The van der Waals surface area contributed by atoms with Crippen molar-refractivity contribution in [3.8, 4) is 0 Å². The van der Waals surface area contributed by atoms with Gasteiger partial charge in [-0.2, -0.15) is 9.29 Å². The van der Waals surface area contributed by atoms with E-state index in [0.717, 1.165) is 0 Å². The van der Waals surface area contributed by atoms with E-state index in [-0.39, 0.29) is 23.4 Å². The molecule has 0 spiro atoms. The van der Waals surface area contributed by atoms with Crippen LogP contribution in [0.25, 0.3) is 11.1 Å². The first-order valence-corrected chi connectivity index (χ1v) is 9.41. The summed E-state index contributed by atoms with van der Waals surface area (Å²) in [6.07, 6.45) is 1.42. The van der Waals surface area contributed by atoms with Crippen molar-refractivity contribution in [2.75, 3.05) is 13.7 Å². The van der Waals surface area contributed by atoms with Gasteiger partial charge in [0.1, 0.15) is 10.9 Å². The normalized spacial score (nSPS) is 21.7. The molecule has 10 nitrogen and oxygen atoms in total. The van der Waals surface area contributed by atoms with E-state index in [2.05, 4.69) is 20.3 Å². The van der Waals surface area contributed by atoms with E-state index in [1.807, 2.05) is 0 Å². The SMILES string of the molecule is CO[C@H]1C[C@H](c2nc(C)no2)N(S(=O)(=O)c2cnc3onc(C)c3c2)C1. The number of hydrogen-bond donors (Lipinski definition) is 0. The van der Waals surface area contributed by atoms with E-state index in [1.165, 1.54) is 16.6 Å². The Balaban J connectivity index is 1.77. The van der Waals surface area contributed by atoms with Gasteiger partial charge in [0.15, 0.2) is 5.82 Å². The van der Waals surface area contributed by atoms with Gasteiger partial charge in [0.05, 0.1) is 23.4 Å². The summed E-state index contributed by atoms with van der Waals surface area (Å²) in [6, 6.07) is 0.921. The molecule has 4 rings (SSSR count). The average molecular weight is 379 g/mol. The van der Waals surface area contributed by atoms with Crippen molar-refractivity contribution in [2.24, 2.45) is 0 Å². The van der Waals surface area contributed by atoms with E-state index < -0.39 is 16.1 Å². The Labute approximate surface area is 149 Å². The molecule has 1 aliphatic heterocycles. The third-order valence-corrected chi connectivity index (χ3v) is 6.31. The summed E-state index contributed by atoms with van der Waals surface area (Å²) >= 11 is 0. The molecule has 0 saturated carbocycles. The summed E-state index contributed by atoms with van der Waals surface area (Å²) in [5.41, 5.74) is 0.867. The number of pyridine rings is 1. The molecule has 0 unspecified atom stereocenters. The molecule has 0 amide bonds. The molecule has 0 radical (unpaired) electrons. The zero-order valence-electron chi connectivity index (χ0n) is 14.4. The van der Waals surface area contributed by atoms with Crippen LogP contribution in [0.5, 0.6) is 0 Å². The molecule has 3 aromatic rings. The molecular formula is C15H17N5O5S. The molecule has 1 saturated heterocycles. The third-order valence-electron chi connectivity index (χ3n) is 4.47. The van der Waals surface area contributed by atoms with Crippen molar-refractivity contribution in [3.05, 3.63) is 29.7 Å². The van der Waals surface area contributed by atoms with Crippen LogP contribution in [0.4, 0.5) is 0 Å². The predicted octanol–water partition coefficient (Wildman–Crippen LogP) is 1.37. The number of hydrogen-bond acceptors (Lipinski definition) is 9. The van der Waals surface area contributed by atoms with Gasteiger partial charge in [-0.15, -0.1) is 0 Å². The van der Waals surface area contributed by atoms with Crippen molar-refractivity contribution < 1.29 is 22.2 Å². The molecule has 1 aliphatic rings. The van der Waals surface area contributed by atoms with E-state index >= 15 is 0 Å². The van der Waals surface area contributed by atoms with Crippen molar-refractivity contribution >= 4 is 21.1 Å². The van der Waals surface area contributed by atoms with Gasteiger partial charge in [0.2, 0.25) is 15.9 Å². The first kappa shape index (κ1) is 17.1. The molecule has 26 heavy (non-hydrogen) atoms. The van der Waals surface area contributed by atoms with Crippen LogP contribution >= 0.6 is 0 Å². The molecular weight excluding hydrogens is 362 g/mol.